The van der Waals surface area contributed by atoms with E-state index in [1.807, 2.05) is 0 Å². The maximum Gasteiger partial charge on any atom is 0.310 e. The molecular formula is C16H24F4O4S. The van der Waals surface area contributed by atoms with Crippen LogP contribution in [-0.4, -0.2) is 42.3 Å². The Labute approximate surface area is 144 Å². The molecule has 4 aliphatic carbocycles. The van der Waals surface area contributed by atoms with Crippen LogP contribution in [0.5, 0.6) is 0 Å². The summed E-state index contributed by atoms with van der Waals surface area (Å²) in [6.07, 6.45) is -1.28. The summed E-state index contributed by atoms with van der Waals surface area (Å²) in [4.78, 5) is 0. The van der Waals surface area contributed by atoms with Gasteiger partial charge in [0.25, 0.3) is 10.1 Å². The smallest absolute Gasteiger partial charge is 0.310 e. The van der Waals surface area contributed by atoms with Gasteiger partial charge in [0.2, 0.25) is 0 Å². The molecule has 0 aromatic heterocycles. The summed E-state index contributed by atoms with van der Waals surface area (Å²) < 4.78 is 79.5. The summed E-state index contributed by atoms with van der Waals surface area (Å²) in [5, 5.41) is 9.94. The number of aliphatic hydroxyl groups is 1. The van der Waals surface area contributed by atoms with Crippen LogP contribution in [0.4, 0.5) is 17.6 Å². The van der Waals surface area contributed by atoms with Crippen LogP contribution in [-0.2, 0) is 10.1 Å². The van der Waals surface area contributed by atoms with Crippen molar-refractivity contribution in [2.24, 2.45) is 41.4 Å². The van der Waals surface area contributed by atoms with Crippen LogP contribution < -0.4 is 0 Å². The molecule has 8 unspecified atom stereocenters. The maximum absolute atomic E-state index is 13.7. The van der Waals surface area contributed by atoms with Crippen LogP contribution in [0.3, 0.4) is 0 Å². The van der Waals surface area contributed by atoms with Gasteiger partial charge in [0.1, 0.15) is 0 Å². The predicted molar refractivity (Wildman–Crippen MR) is 81.9 cm³/mol. The molecule has 9 heteroatoms. The topological polar surface area (TPSA) is 74.6 Å². The highest BCUT2D eigenvalue weighted by Gasteiger charge is 2.69. The lowest BCUT2D eigenvalue weighted by Crippen LogP contribution is -2.45. The predicted octanol–water partition coefficient (Wildman–Crippen LogP) is 3.07. The standard InChI is InChI=1S/C14H18F4O.C2H6O3S/c15-13(16)14(17,18)9-3-5-1-7(9)11-6-2-8(12(5)11)10(19)4-6;1-2-6(3,4)5/h5-13,19H,1-4H2;2H2,1H3,(H,3,4,5). The molecule has 8 atom stereocenters. The number of alkyl halides is 4. The second-order valence-corrected chi connectivity index (χ2v) is 9.71. The molecule has 0 amide bonds. The third kappa shape index (κ3) is 3.20. The van der Waals surface area contributed by atoms with Gasteiger partial charge in [-0.1, -0.05) is 0 Å². The van der Waals surface area contributed by atoms with E-state index < -0.39 is 28.4 Å². The van der Waals surface area contributed by atoms with Crippen LogP contribution in [0.2, 0.25) is 0 Å². The van der Waals surface area contributed by atoms with Crippen LogP contribution >= 0.6 is 0 Å². The Kier molecular flexibility index (Phi) is 4.90. The van der Waals surface area contributed by atoms with Gasteiger partial charge >= 0.3 is 12.3 Å². The minimum Gasteiger partial charge on any atom is -0.393 e. The first kappa shape index (κ1) is 19.4. The number of hydrogen-bond acceptors (Lipinski definition) is 3. The zero-order chi connectivity index (χ0) is 18.7. The summed E-state index contributed by atoms with van der Waals surface area (Å²) in [6.45, 7) is 1.37. The average Bonchev–Trinajstić information content (AvgIpc) is 3.23. The molecule has 4 aliphatic rings. The second kappa shape index (κ2) is 6.34. The summed E-state index contributed by atoms with van der Waals surface area (Å²) >= 11 is 0. The van der Waals surface area contributed by atoms with Crippen molar-refractivity contribution in [2.45, 2.75) is 51.1 Å². The summed E-state index contributed by atoms with van der Waals surface area (Å²) in [6, 6.07) is 0. The Morgan fingerprint density at radius 3 is 2.04 bits per heavy atom. The van der Waals surface area contributed by atoms with Gasteiger partial charge in [-0.3, -0.25) is 4.55 Å². The SMILES string of the molecule is CCS(=O)(=O)O.OC1CC2CC1C1C3CC(C21)C(C(F)(F)C(F)F)C3. The van der Waals surface area contributed by atoms with E-state index in [0.29, 0.717) is 24.7 Å². The molecule has 4 bridgehead atoms. The van der Waals surface area contributed by atoms with E-state index in [4.69, 9.17) is 4.55 Å². The van der Waals surface area contributed by atoms with Crippen molar-refractivity contribution in [3.05, 3.63) is 0 Å². The molecule has 0 aromatic carbocycles. The van der Waals surface area contributed by atoms with Crippen molar-refractivity contribution >= 4 is 10.1 Å². The molecule has 0 aromatic rings. The minimum absolute atomic E-state index is 0.148. The van der Waals surface area contributed by atoms with Crippen molar-refractivity contribution in [2.75, 3.05) is 5.75 Å². The van der Waals surface area contributed by atoms with Crippen LogP contribution in [0.1, 0.15) is 32.6 Å². The molecular weight excluding hydrogens is 364 g/mol. The lowest BCUT2D eigenvalue weighted by molar-refractivity contribution is -0.186. The molecule has 0 radical (unpaired) electrons. The lowest BCUT2D eigenvalue weighted by atomic mass is 9.65. The third-order valence-electron chi connectivity index (χ3n) is 6.93. The Bertz CT molecular complexity index is 611. The molecule has 25 heavy (non-hydrogen) atoms. The highest BCUT2D eigenvalue weighted by molar-refractivity contribution is 7.85. The largest absolute Gasteiger partial charge is 0.393 e. The fourth-order valence-electron chi connectivity index (χ4n) is 6.17. The van der Waals surface area contributed by atoms with Crippen LogP contribution in [0, 0.1) is 41.4 Å². The zero-order valence-corrected chi connectivity index (χ0v) is 14.7. The average molecular weight is 388 g/mol. The Morgan fingerprint density at radius 1 is 1.04 bits per heavy atom. The van der Waals surface area contributed by atoms with Crippen molar-refractivity contribution in [3.63, 3.8) is 0 Å². The van der Waals surface area contributed by atoms with E-state index in [0.717, 1.165) is 6.42 Å². The molecule has 0 saturated heterocycles. The van der Waals surface area contributed by atoms with Gasteiger partial charge in [-0.05, 0) is 68.1 Å². The summed E-state index contributed by atoms with van der Waals surface area (Å²) in [5.74, 6) is -4.17. The molecule has 146 valence electrons. The van der Waals surface area contributed by atoms with E-state index in [1.165, 1.54) is 6.92 Å². The Morgan fingerprint density at radius 2 is 1.52 bits per heavy atom. The summed E-state index contributed by atoms with van der Waals surface area (Å²) in [7, 11) is -3.66. The van der Waals surface area contributed by atoms with E-state index in [-0.39, 0.29) is 41.9 Å². The molecule has 4 rings (SSSR count). The van der Waals surface area contributed by atoms with Gasteiger partial charge in [-0.15, -0.1) is 0 Å². The normalized spacial score (nSPS) is 44.8. The molecule has 2 N–H and O–H groups in total. The van der Waals surface area contributed by atoms with Crippen LogP contribution in [0.25, 0.3) is 0 Å². The zero-order valence-electron chi connectivity index (χ0n) is 13.9. The first-order valence-corrected chi connectivity index (χ1v) is 10.4. The minimum atomic E-state index is -3.83. The number of hydrogen-bond donors (Lipinski definition) is 2. The molecule has 0 heterocycles. The number of halogens is 4. The van der Waals surface area contributed by atoms with Gasteiger partial charge in [0.05, 0.1) is 11.9 Å². The van der Waals surface area contributed by atoms with E-state index in [2.05, 4.69) is 0 Å². The van der Waals surface area contributed by atoms with Gasteiger partial charge in [-0.2, -0.15) is 17.2 Å². The maximum atomic E-state index is 13.7. The van der Waals surface area contributed by atoms with Crippen LogP contribution in [0.15, 0.2) is 0 Å². The first-order chi connectivity index (χ1) is 11.5. The van der Waals surface area contributed by atoms with Gasteiger partial charge in [-0.25, -0.2) is 8.78 Å². The monoisotopic (exact) mass is 388 g/mol. The molecule has 4 saturated carbocycles. The van der Waals surface area contributed by atoms with Gasteiger partial charge in [0.15, 0.2) is 0 Å². The second-order valence-electron chi connectivity index (χ2n) is 7.97. The number of aliphatic hydroxyl groups excluding tert-OH is 1. The fourth-order valence-corrected chi connectivity index (χ4v) is 6.17. The van der Waals surface area contributed by atoms with Crippen molar-refractivity contribution in [3.8, 4) is 0 Å². The van der Waals surface area contributed by atoms with Gasteiger partial charge in [0, 0.05) is 5.92 Å². The molecule has 0 spiro atoms. The molecule has 0 aliphatic heterocycles. The van der Waals surface area contributed by atoms with Crippen molar-refractivity contribution in [1.82, 2.24) is 0 Å². The summed E-state index contributed by atoms with van der Waals surface area (Å²) in [5.41, 5.74) is 0. The van der Waals surface area contributed by atoms with Crippen molar-refractivity contribution in [1.29, 1.82) is 0 Å². The van der Waals surface area contributed by atoms with E-state index in [9.17, 15) is 31.1 Å². The highest BCUT2D eigenvalue weighted by Crippen LogP contribution is 2.70. The lowest BCUT2D eigenvalue weighted by Gasteiger charge is -2.42. The Balaban J connectivity index is 0.000000265. The van der Waals surface area contributed by atoms with Crippen molar-refractivity contribution < 1.29 is 35.6 Å². The van der Waals surface area contributed by atoms with Gasteiger partial charge < -0.3 is 5.11 Å². The van der Waals surface area contributed by atoms with E-state index >= 15 is 0 Å². The number of rotatable bonds is 3. The molecule has 4 fully saturated rings. The third-order valence-corrected chi connectivity index (χ3v) is 7.66. The quantitative estimate of drug-likeness (QED) is 0.443. The molecule has 4 nitrogen and oxygen atoms in total. The fraction of sp³-hybridized carbons (Fsp3) is 1.00. The number of fused-ring (bicyclic) bond motifs is 9. The van der Waals surface area contributed by atoms with E-state index in [1.54, 1.807) is 0 Å². The Hall–Kier alpha value is -0.410. The first-order valence-electron chi connectivity index (χ1n) is 8.76. The highest BCUT2D eigenvalue weighted by atomic mass is 32.2.